The lowest BCUT2D eigenvalue weighted by molar-refractivity contribution is -0.419. The van der Waals surface area contributed by atoms with Crippen molar-refractivity contribution in [1.29, 1.82) is 0 Å². The lowest BCUT2D eigenvalue weighted by Gasteiger charge is -1.94. The third-order valence-corrected chi connectivity index (χ3v) is 1.39. The first-order valence-corrected chi connectivity index (χ1v) is 3.70. The fourth-order valence-electron chi connectivity index (χ4n) is 0.621. The molecule has 0 aromatic carbocycles. The van der Waals surface area contributed by atoms with Crippen LogP contribution in [0.1, 0.15) is 13.8 Å². The first kappa shape index (κ1) is 10.9. The van der Waals surface area contributed by atoms with Gasteiger partial charge in [0.1, 0.15) is 5.03 Å². The third kappa shape index (κ3) is 3.34. The topological polar surface area (TPSA) is 43.1 Å². The molecule has 0 radical (unpaired) electrons. The van der Waals surface area contributed by atoms with Gasteiger partial charge in [0.05, 0.1) is 4.92 Å². The van der Waals surface area contributed by atoms with E-state index >= 15 is 0 Å². The molecule has 0 aromatic rings. The van der Waals surface area contributed by atoms with Crippen LogP contribution in [0.2, 0.25) is 0 Å². The summed E-state index contributed by atoms with van der Waals surface area (Å²) >= 11 is 5.63. The molecule has 66 valence electrons. The van der Waals surface area contributed by atoms with Crippen LogP contribution in [-0.2, 0) is 0 Å². The highest BCUT2D eigenvalue weighted by Gasteiger charge is 2.12. The first-order chi connectivity index (χ1) is 5.49. The molecule has 12 heavy (non-hydrogen) atoms. The zero-order chi connectivity index (χ0) is 9.72. The molecule has 0 rings (SSSR count). The highest BCUT2D eigenvalue weighted by atomic mass is 35.5. The van der Waals surface area contributed by atoms with Crippen molar-refractivity contribution in [2.75, 3.05) is 0 Å². The van der Waals surface area contributed by atoms with Gasteiger partial charge in [-0.3, -0.25) is 10.1 Å². The number of nitro groups is 1. The molecule has 0 saturated heterocycles. The second kappa shape index (κ2) is 4.72. The summed E-state index contributed by atoms with van der Waals surface area (Å²) in [6.07, 6.45) is 2.81. The Balaban J connectivity index is 4.78. The fourth-order valence-corrected chi connectivity index (χ4v) is 0.985. The SMILES string of the molecule is C=C(C)/C=C(Cl)\C(=C/C)[N+](=O)[O-]. The van der Waals surface area contributed by atoms with Gasteiger partial charge in [-0.15, -0.1) is 0 Å². The van der Waals surface area contributed by atoms with Crippen molar-refractivity contribution in [3.63, 3.8) is 0 Å². The Morgan fingerprint density at radius 3 is 2.42 bits per heavy atom. The number of hydrogen-bond donors (Lipinski definition) is 0. The highest BCUT2D eigenvalue weighted by Crippen LogP contribution is 2.16. The van der Waals surface area contributed by atoms with Crippen molar-refractivity contribution in [3.05, 3.63) is 45.1 Å². The van der Waals surface area contributed by atoms with E-state index in [1.807, 2.05) is 0 Å². The lowest BCUT2D eigenvalue weighted by Crippen LogP contribution is -1.98. The van der Waals surface area contributed by atoms with Crippen LogP contribution in [-0.4, -0.2) is 4.92 Å². The molecule has 0 atom stereocenters. The predicted molar refractivity (Wildman–Crippen MR) is 49.5 cm³/mol. The average Bonchev–Trinajstić information content (AvgIpc) is 1.85. The maximum Gasteiger partial charge on any atom is 0.283 e. The van der Waals surface area contributed by atoms with Gasteiger partial charge in [-0.05, 0) is 26.0 Å². The van der Waals surface area contributed by atoms with Crippen molar-refractivity contribution in [2.45, 2.75) is 13.8 Å². The minimum Gasteiger partial charge on any atom is -0.258 e. The number of halogens is 1. The fraction of sp³-hybridized carbons (Fsp3) is 0.250. The molecule has 0 spiro atoms. The molecule has 0 aliphatic rings. The normalized spacial score (nSPS) is 12.9. The molecule has 3 nitrogen and oxygen atoms in total. The summed E-state index contributed by atoms with van der Waals surface area (Å²) in [4.78, 5) is 9.81. The van der Waals surface area contributed by atoms with Crippen molar-refractivity contribution < 1.29 is 4.92 Å². The van der Waals surface area contributed by atoms with Gasteiger partial charge >= 0.3 is 0 Å². The summed E-state index contributed by atoms with van der Waals surface area (Å²) in [5.41, 5.74) is 0.584. The van der Waals surface area contributed by atoms with Crippen LogP contribution in [0.4, 0.5) is 0 Å². The van der Waals surface area contributed by atoms with Gasteiger partial charge in [0, 0.05) is 0 Å². The van der Waals surface area contributed by atoms with Gasteiger partial charge in [-0.25, -0.2) is 0 Å². The maximum atomic E-state index is 10.3. The molecule has 0 fully saturated rings. The smallest absolute Gasteiger partial charge is 0.258 e. The van der Waals surface area contributed by atoms with E-state index in [9.17, 15) is 10.1 Å². The van der Waals surface area contributed by atoms with Crippen molar-refractivity contribution >= 4 is 11.6 Å². The second-order valence-electron chi connectivity index (χ2n) is 2.27. The van der Waals surface area contributed by atoms with Crippen LogP contribution < -0.4 is 0 Å². The van der Waals surface area contributed by atoms with E-state index in [0.717, 1.165) is 0 Å². The number of allylic oxidation sites excluding steroid dienone is 4. The average molecular weight is 188 g/mol. The molecule has 4 heteroatoms. The van der Waals surface area contributed by atoms with Gasteiger partial charge in [0.15, 0.2) is 0 Å². The van der Waals surface area contributed by atoms with E-state index in [0.29, 0.717) is 5.57 Å². The lowest BCUT2D eigenvalue weighted by atomic mass is 10.3. The molecular formula is C8H10ClNO2. The Morgan fingerprint density at radius 1 is 1.67 bits per heavy atom. The molecular weight excluding hydrogens is 178 g/mol. The summed E-state index contributed by atoms with van der Waals surface area (Å²) in [5, 5.41) is 10.4. The molecule has 0 heterocycles. The second-order valence-corrected chi connectivity index (χ2v) is 2.68. The Kier molecular flexibility index (Phi) is 4.29. The van der Waals surface area contributed by atoms with E-state index in [-0.39, 0.29) is 10.7 Å². The summed E-state index contributed by atoms with van der Waals surface area (Å²) in [6.45, 7) is 6.84. The summed E-state index contributed by atoms with van der Waals surface area (Å²) in [5.74, 6) is 0. The zero-order valence-corrected chi connectivity index (χ0v) is 7.76. The Labute approximate surface area is 76.2 Å². The molecule has 0 N–H and O–H groups in total. The maximum absolute atomic E-state index is 10.3. The monoisotopic (exact) mass is 187 g/mol. The third-order valence-electron chi connectivity index (χ3n) is 1.09. The minimum atomic E-state index is -0.526. The predicted octanol–water partition coefficient (Wildman–Crippen LogP) is 2.87. The van der Waals surface area contributed by atoms with Crippen molar-refractivity contribution in [2.24, 2.45) is 0 Å². The van der Waals surface area contributed by atoms with Crippen LogP contribution in [0.25, 0.3) is 0 Å². The van der Waals surface area contributed by atoms with Gasteiger partial charge in [0.25, 0.3) is 5.70 Å². The number of hydrogen-bond acceptors (Lipinski definition) is 2. The highest BCUT2D eigenvalue weighted by molar-refractivity contribution is 6.31. The van der Waals surface area contributed by atoms with Crippen molar-refractivity contribution in [1.82, 2.24) is 0 Å². The van der Waals surface area contributed by atoms with Crippen molar-refractivity contribution in [3.8, 4) is 0 Å². The Morgan fingerprint density at radius 2 is 2.17 bits per heavy atom. The van der Waals surface area contributed by atoms with E-state index in [1.54, 1.807) is 13.8 Å². The molecule has 0 aliphatic heterocycles. The van der Waals surface area contributed by atoms with Crippen LogP contribution in [0.5, 0.6) is 0 Å². The zero-order valence-electron chi connectivity index (χ0n) is 7.00. The molecule has 0 aliphatic carbocycles. The molecule has 0 saturated carbocycles. The van der Waals surface area contributed by atoms with Gasteiger partial charge in [-0.1, -0.05) is 23.8 Å². The van der Waals surface area contributed by atoms with E-state index < -0.39 is 4.92 Å². The van der Waals surface area contributed by atoms with E-state index in [2.05, 4.69) is 6.58 Å². The summed E-state index contributed by atoms with van der Waals surface area (Å²) in [6, 6.07) is 0. The Hall–Kier alpha value is -1.09. The molecule has 0 bridgehead atoms. The van der Waals surface area contributed by atoms with Gasteiger partial charge < -0.3 is 0 Å². The number of rotatable bonds is 3. The minimum absolute atomic E-state index is 0.0975. The van der Waals surface area contributed by atoms with Crippen LogP contribution in [0.15, 0.2) is 35.0 Å². The molecule has 0 unspecified atom stereocenters. The molecule has 0 aromatic heterocycles. The van der Waals surface area contributed by atoms with Crippen LogP contribution >= 0.6 is 11.6 Å². The van der Waals surface area contributed by atoms with E-state index in [1.165, 1.54) is 12.2 Å². The summed E-state index contributed by atoms with van der Waals surface area (Å²) in [7, 11) is 0. The molecule has 0 amide bonds. The van der Waals surface area contributed by atoms with Crippen LogP contribution in [0, 0.1) is 10.1 Å². The van der Waals surface area contributed by atoms with E-state index in [4.69, 9.17) is 11.6 Å². The van der Waals surface area contributed by atoms with Gasteiger partial charge in [-0.2, -0.15) is 0 Å². The first-order valence-electron chi connectivity index (χ1n) is 3.32. The quantitative estimate of drug-likeness (QED) is 0.387. The summed E-state index contributed by atoms with van der Waals surface area (Å²) < 4.78 is 0. The standard InChI is InChI=1S/C8H10ClNO2/c1-4-8(10(11)12)7(9)5-6(2)3/h4-5H,2H2,1,3H3/b7-5+,8-4+. The Bertz CT molecular complexity index is 266. The van der Waals surface area contributed by atoms with Crippen LogP contribution in [0.3, 0.4) is 0 Å². The largest absolute Gasteiger partial charge is 0.283 e. The van der Waals surface area contributed by atoms with Gasteiger partial charge in [0.2, 0.25) is 0 Å². The number of nitrogens with zero attached hydrogens (tertiary/aromatic N) is 1.